The summed E-state index contributed by atoms with van der Waals surface area (Å²) in [5.74, 6) is 0. The summed E-state index contributed by atoms with van der Waals surface area (Å²) in [5.41, 5.74) is 3.40. The number of benzene rings is 2. The van der Waals surface area contributed by atoms with Crippen molar-refractivity contribution in [3.8, 4) is 0 Å². The Morgan fingerprint density at radius 1 is 1.00 bits per heavy atom. The number of hydrogen-bond acceptors (Lipinski definition) is 1. The molecule has 3 heteroatoms. The van der Waals surface area contributed by atoms with Crippen molar-refractivity contribution in [1.82, 2.24) is 0 Å². The third kappa shape index (κ3) is 4.79. The Balaban J connectivity index is 0.00000180. The molecule has 0 spiro atoms. The normalized spacial score (nSPS) is 10.2. The predicted octanol–water partition coefficient (Wildman–Crippen LogP) is 5.50. The summed E-state index contributed by atoms with van der Waals surface area (Å²) >= 11 is 11.2. The van der Waals surface area contributed by atoms with Crippen LogP contribution in [-0.4, -0.2) is 4.86 Å². The third-order valence-corrected chi connectivity index (χ3v) is 3.26. The van der Waals surface area contributed by atoms with E-state index in [4.69, 9.17) is 23.8 Å². The molecular weight excluding hydrogens is 295 g/mol. The Bertz CT molecular complexity index is 569. The quantitative estimate of drug-likeness (QED) is 0.410. The van der Waals surface area contributed by atoms with Gasteiger partial charge in [0.25, 0.3) is 0 Å². The van der Waals surface area contributed by atoms with Crippen LogP contribution in [0.25, 0.3) is 6.08 Å². The molecule has 0 aliphatic carbocycles. The van der Waals surface area contributed by atoms with Gasteiger partial charge in [-0.1, -0.05) is 71.9 Å². The van der Waals surface area contributed by atoms with Crippen molar-refractivity contribution in [3.63, 3.8) is 0 Å². The molecule has 0 saturated heterocycles. The smallest absolute Gasteiger partial charge is 0.0449 e. The molecule has 2 rings (SSSR count). The average Bonchev–Trinajstić information content (AvgIpc) is 2.38. The van der Waals surface area contributed by atoms with Gasteiger partial charge in [-0.05, 0) is 36.3 Å². The van der Waals surface area contributed by atoms with Crippen molar-refractivity contribution in [1.29, 1.82) is 0 Å². The lowest BCUT2D eigenvalue weighted by molar-refractivity contribution is 1.47. The SMILES string of the molecule is Cc1ccc(C(=S)C=Cc2ccc(Cl)cc2)cc1.Cl. The van der Waals surface area contributed by atoms with Crippen molar-refractivity contribution in [2.75, 3.05) is 0 Å². The zero-order valence-corrected chi connectivity index (χ0v) is 12.9. The Kier molecular flexibility index (Phi) is 6.23. The molecule has 0 fully saturated rings. The Morgan fingerprint density at radius 3 is 2.16 bits per heavy atom. The second-order valence-corrected chi connectivity index (χ2v) is 4.99. The highest BCUT2D eigenvalue weighted by molar-refractivity contribution is 7.81. The molecule has 0 heterocycles. The van der Waals surface area contributed by atoms with Gasteiger partial charge in [-0.15, -0.1) is 12.4 Å². The average molecular weight is 309 g/mol. The number of allylic oxidation sites excluding steroid dienone is 1. The fraction of sp³-hybridized carbons (Fsp3) is 0.0625. The zero-order chi connectivity index (χ0) is 13.0. The van der Waals surface area contributed by atoms with Crippen molar-refractivity contribution >= 4 is 47.2 Å². The zero-order valence-electron chi connectivity index (χ0n) is 10.5. The van der Waals surface area contributed by atoms with Crippen LogP contribution in [0.3, 0.4) is 0 Å². The number of halogens is 2. The number of aryl methyl sites for hydroxylation is 1. The third-order valence-electron chi connectivity index (χ3n) is 2.63. The summed E-state index contributed by atoms with van der Waals surface area (Å²) in [6, 6.07) is 15.9. The summed E-state index contributed by atoms with van der Waals surface area (Å²) in [7, 11) is 0. The summed E-state index contributed by atoms with van der Waals surface area (Å²) < 4.78 is 0. The molecule has 0 radical (unpaired) electrons. The largest absolute Gasteiger partial charge is 0.147 e. The van der Waals surface area contributed by atoms with Gasteiger partial charge in [0.1, 0.15) is 0 Å². The van der Waals surface area contributed by atoms with Crippen molar-refractivity contribution in [3.05, 3.63) is 76.3 Å². The molecule has 0 aliphatic rings. The molecule has 0 N–H and O–H groups in total. The van der Waals surface area contributed by atoms with E-state index in [0.29, 0.717) is 0 Å². The molecule has 2 aromatic carbocycles. The van der Waals surface area contributed by atoms with Crippen molar-refractivity contribution in [2.45, 2.75) is 6.92 Å². The summed E-state index contributed by atoms with van der Waals surface area (Å²) in [4.78, 5) is 0.838. The molecule has 2 aromatic rings. The van der Waals surface area contributed by atoms with E-state index < -0.39 is 0 Å². The van der Waals surface area contributed by atoms with E-state index in [1.807, 2.05) is 48.6 Å². The minimum atomic E-state index is 0. The van der Waals surface area contributed by atoms with Crippen LogP contribution in [0.15, 0.2) is 54.6 Å². The fourth-order valence-corrected chi connectivity index (χ4v) is 1.89. The van der Waals surface area contributed by atoms with Crippen LogP contribution in [0, 0.1) is 6.92 Å². The van der Waals surface area contributed by atoms with Gasteiger partial charge in [0.05, 0.1) is 0 Å². The lowest BCUT2D eigenvalue weighted by atomic mass is 10.1. The molecule has 0 nitrogen and oxygen atoms in total. The van der Waals surface area contributed by atoms with Crippen LogP contribution in [0.4, 0.5) is 0 Å². The van der Waals surface area contributed by atoms with Gasteiger partial charge >= 0.3 is 0 Å². The van der Waals surface area contributed by atoms with Crippen LogP contribution < -0.4 is 0 Å². The first-order valence-corrected chi connectivity index (χ1v) is 6.48. The van der Waals surface area contributed by atoms with E-state index in [2.05, 4.69) is 19.1 Å². The predicted molar refractivity (Wildman–Crippen MR) is 90.6 cm³/mol. The van der Waals surface area contributed by atoms with E-state index in [-0.39, 0.29) is 12.4 Å². The van der Waals surface area contributed by atoms with Gasteiger partial charge in [-0.2, -0.15) is 0 Å². The molecular formula is C16H14Cl2S. The molecule has 98 valence electrons. The van der Waals surface area contributed by atoms with Crippen LogP contribution in [-0.2, 0) is 0 Å². The van der Waals surface area contributed by atoms with Crippen LogP contribution in [0.1, 0.15) is 16.7 Å². The second kappa shape index (κ2) is 7.44. The summed E-state index contributed by atoms with van der Waals surface area (Å²) in [5, 5.41) is 0.744. The lowest BCUT2D eigenvalue weighted by Gasteiger charge is -1.99. The van der Waals surface area contributed by atoms with Gasteiger partial charge < -0.3 is 0 Å². The number of rotatable bonds is 3. The minimum Gasteiger partial charge on any atom is -0.147 e. The fourth-order valence-electron chi connectivity index (χ4n) is 1.56. The van der Waals surface area contributed by atoms with E-state index in [1.165, 1.54) is 5.56 Å². The Hall–Kier alpha value is -1.15. The highest BCUT2D eigenvalue weighted by Gasteiger charge is 1.96. The van der Waals surface area contributed by atoms with Crippen LogP contribution in [0.5, 0.6) is 0 Å². The molecule has 0 bridgehead atoms. The first kappa shape index (κ1) is 15.9. The Labute approximate surface area is 130 Å². The highest BCUT2D eigenvalue weighted by Crippen LogP contribution is 2.12. The molecule has 0 saturated carbocycles. The summed E-state index contributed by atoms with van der Waals surface area (Å²) in [6.07, 6.45) is 3.95. The van der Waals surface area contributed by atoms with E-state index in [9.17, 15) is 0 Å². The summed E-state index contributed by atoms with van der Waals surface area (Å²) in [6.45, 7) is 2.07. The van der Waals surface area contributed by atoms with Gasteiger partial charge in [0.15, 0.2) is 0 Å². The van der Waals surface area contributed by atoms with Crippen molar-refractivity contribution in [2.24, 2.45) is 0 Å². The van der Waals surface area contributed by atoms with Gasteiger partial charge in [-0.25, -0.2) is 0 Å². The van der Waals surface area contributed by atoms with Crippen LogP contribution in [0.2, 0.25) is 5.02 Å². The number of hydrogen-bond donors (Lipinski definition) is 0. The van der Waals surface area contributed by atoms with Gasteiger partial charge in [0.2, 0.25) is 0 Å². The van der Waals surface area contributed by atoms with Crippen molar-refractivity contribution < 1.29 is 0 Å². The Morgan fingerprint density at radius 2 is 1.58 bits per heavy atom. The van der Waals surface area contributed by atoms with E-state index >= 15 is 0 Å². The lowest BCUT2D eigenvalue weighted by Crippen LogP contribution is -1.91. The molecule has 0 aliphatic heterocycles. The minimum absolute atomic E-state index is 0. The highest BCUT2D eigenvalue weighted by atomic mass is 35.5. The monoisotopic (exact) mass is 308 g/mol. The van der Waals surface area contributed by atoms with E-state index in [0.717, 1.165) is 21.0 Å². The molecule has 0 aromatic heterocycles. The standard InChI is InChI=1S/C16H13ClS.ClH/c1-12-2-7-14(8-3-12)16(18)11-6-13-4-9-15(17)10-5-13;/h2-11H,1H3;1H. The maximum Gasteiger partial charge on any atom is 0.0449 e. The first-order valence-electron chi connectivity index (χ1n) is 5.70. The maximum absolute atomic E-state index is 5.84. The van der Waals surface area contributed by atoms with Gasteiger partial charge in [-0.3, -0.25) is 0 Å². The molecule has 0 atom stereocenters. The molecule has 0 amide bonds. The number of thiocarbonyl (C=S) groups is 1. The maximum atomic E-state index is 5.84. The molecule has 19 heavy (non-hydrogen) atoms. The first-order chi connectivity index (χ1) is 8.65. The van der Waals surface area contributed by atoms with E-state index in [1.54, 1.807) is 0 Å². The van der Waals surface area contributed by atoms with Gasteiger partial charge in [0, 0.05) is 9.89 Å². The topological polar surface area (TPSA) is 0 Å². The van der Waals surface area contributed by atoms with Crippen LogP contribution >= 0.6 is 36.2 Å². The molecule has 0 unspecified atom stereocenters. The second-order valence-electron chi connectivity index (χ2n) is 4.12.